The van der Waals surface area contributed by atoms with Crippen LogP contribution in [0.1, 0.15) is 81.0 Å². The zero-order chi connectivity index (χ0) is 22.1. The van der Waals surface area contributed by atoms with Crippen molar-refractivity contribution in [3.8, 4) is 0 Å². The first-order valence-electron chi connectivity index (χ1n) is 11.7. The van der Waals surface area contributed by atoms with Crippen LogP contribution in [0.5, 0.6) is 0 Å². The first kappa shape index (κ1) is 26.3. The Bertz CT molecular complexity index is 903. The fraction of sp³-hybridized carbons (Fsp3) is 0.708. The molecule has 1 heterocycles. The summed E-state index contributed by atoms with van der Waals surface area (Å²) in [6.45, 7) is 1.65. The minimum Gasteiger partial charge on any atom is -0.298 e. The maximum absolute atomic E-state index is 12.9. The molecule has 1 aromatic carbocycles. The van der Waals surface area contributed by atoms with Gasteiger partial charge < -0.3 is 0 Å². The van der Waals surface area contributed by atoms with Gasteiger partial charge in [0.05, 0.1) is 16.0 Å². The summed E-state index contributed by atoms with van der Waals surface area (Å²) in [5.74, 6) is 0.867. The van der Waals surface area contributed by atoms with Crippen molar-refractivity contribution in [3.63, 3.8) is 0 Å². The minimum absolute atomic E-state index is 0. The molecular weight excluding hydrogens is 489 g/mol. The molecule has 0 radical (unpaired) electrons. The lowest BCUT2D eigenvalue weighted by molar-refractivity contribution is 0.0255. The SMILES string of the molecule is Cl.O=C(CCC1(N2CCC(S(=O)(=O)CC3CC3)CC2)CCCCC1)c1ccc(Cl)cc1Cl. The van der Waals surface area contributed by atoms with Crippen LogP contribution < -0.4 is 0 Å². The molecule has 2 saturated carbocycles. The van der Waals surface area contributed by atoms with Crippen molar-refractivity contribution in [3.05, 3.63) is 33.8 Å². The van der Waals surface area contributed by atoms with Gasteiger partial charge in [-0.2, -0.15) is 0 Å². The summed E-state index contributed by atoms with van der Waals surface area (Å²) in [6.07, 6.45) is 10.7. The average Bonchev–Trinajstić information content (AvgIpc) is 3.56. The second kappa shape index (κ2) is 10.9. The molecule has 180 valence electrons. The van der Waals surface area contributed by atoms with E-state index in [4.69, 9.17) is 23.2 Å². The van der Waals surface area contributed by atoms with E-state index in [-0.39, 0.29) is 29.0 Å². The van der Waals surface area contributed by atoms with Crippen molar-refractivity contribution in [1.29, 1.82) is 0 Å². The highest BCUT2D eigenvalue weighted by Crippen LogP contribution is 2.41. The molecule has 2 aliphatic carbocycles. The highest BCUT2D eigenvalue weighted by Gasteiger charge is 2.42. The molecular formula is C24H34Cl3NO3S. The number of rotatable bonds is 8. The van der Waals surface area contributed by atoms with Crippen LogP contribution in [0.2, 0.25) is 10.0 Å². The Balaban J connectivity index is 0.00000289. The second-order valence-corrected chi connectivity index (χ2v) is 13.0. The summed E-state index contributed by atoms with van der Waals surface area (Å²) in [5.41, 5.74) is 0.555. The zero-order valence-corrected chi connectivity index (χ0v) is 21.7. The van der Waals surface area contributed by atoms with Crippen molar-refractivity contribution < 1.29 is 13.2 Å². The predicted molar refractivity (Wildman–Crippen MR) is 134 cm³/mol. The van der Waals surface area contributed by atoms with E-state index in [1.807, 2.05) is 0 Å². The standard InChI is InChI=1S/C24H33Cl2NO3S.ClH/c25-19-6-7-21(22(26)16-19)23(28)8-13-24(11-2-1-3-12-24)27-14-9-20(10-15-27)31(29,30)17-18-4-5-18;/h6-7,16,18,20H,1-5,8-15,17H2;1H. The smallest absolute Gasteiger partial charge is 0.164 e. The topological polar surface area (TPSA) is 54.5 Å². The maximum atomic E-state index is 12.9. The molecule has 1 saturated heterocycles. The summed E-state index contributed by atoms with van der Waals surface area (Å²) in [5, 5.41) is 0.765. The lowest BCUT2D eigenvalue weighted by Gasteiger charge is -2.49. The van der Waals surface area contributed by atoms with E-state index in [0.29, 0.717) is 33.7 Å². The quantitative estimate of drug-likeness (QED) is 0.372. The largest absolute Gasteiger partial charge is 0.298 e. The lowest BCUT2D eigenvalue weighted by atomic mass is 9.75. The first-order chi connectivity index (χ1) is 14.8. The molecule has 0 unspecified atom stereocenters. The number of sulfone groups is 1. The number of halogens is 3. The summed E-state index contributed by atoms with van der Waals surface area (Å²) in [4.78, 5) is 15.4. The van der Waals surface area contributed by atoms with Crippen molar-refractivity contribution in [2.75, 3.05) is 18.8 Å². The van der Waals surface area contributed by atoms with Crippen LogP contribution in [-0.4, -0.2) is 48.7 Å². The van der Waals surface area contributed by atoms with Crippen molar-refractivity contribution in [2.24, 2.45) is 5.92 Å². The third kappa shape index (κ3) is 6.21. The minimum atomic E-state index is -2.97. The van der Waals surface area contributed by atoms with Gasteiger partial charge >= 0.3 is 0 Å². The van der Waals surface area contributed by atoms with Gasteiger partial charge in [-0.1, -0.05) is 42.5 Å². The molecule has 3 aliphatic rings. The molecule has 0 atom stereocenters. The van der Waals surface area contributed by atoms with Gasteiger partial charge in [0.25, 0.3) is 0 Å². The van der Waals surface area contributed by atoms with Gasteiger partial charge in [0.15, 0.2) is 15.6 Å². The normalized spacial score (nSPS) is 22.3. The van der Waals surface area contributed by atoms with Gasteiger partial charge in [-0.3, -0.25) is 9.69 Å². The fourth-order valence-electron chi connectivity index (χ4n) is 5.57. The Morgan fingerprint density at radius 3 is 2.28 bits per heavy atom. The van der Waals surface area contributed by atoms with Crippen LogP contribution in [0, 0.1) is 5.92 Å². The molecule has 1 aliphatic heterocycles. The Morgan fingerprint density at radius 2 is 1.69 bits per heavy atom. The monoisotopic (exact) mass is 521 g/mol. The number of benzene rings is 1. The van der Waals surface area contributed by atoms with Crippen molar-refractivity contribution in [1.82, 2.24) is 4.90 Å². The van der Waals surface area contributed by atoms with Crippen LogP contribution in [0.25, 0.3) is 0 Å². The number of hydrogen-bond donors (Lipinski definition) is 0. The number of hydrogen-bond acceptors (Lipinski definition) is 4. The third-order valence-electron chi connectivity index (χ3n) is 7.62. The van der Waals surface area contributed by atoms with Gasteiger partial charge in [0, 0.05) is 22.5 Å². The van der Waals surface area contributed by atoms with Crippen LogP contribution >= 0.6 is 35.6 Å². The Morgan fingerprint density at radius 1 is 1.03 bits per heavy atom. The second-order valence-electron chi connectivity index (χ2n) is 9.79. The summed E-state index contributed by atoms with van der Waals surface area (Å²) >= 11 is 12.2. The first-order valence-corrected chi connectivity index (χ1v) is 14.2. The number of ketones is 1. The molecule has 32 heavy (non-hydrogen) atoms. The van der Waals surface area contributed by atoms with E-state index < -0.39 is 9.84 Å². The molecule has 4 nitrogen and oxygen atoms in total. The molecule has 1 aromatic rings. The Hall–Kier alpha value is -0.330. The average molecular weight is 523 g/mol. The van der Waals surface area contributed by atoms with Crippen LogP contribution in [-0.2, 0) is 9.84 Å². The van der Waals surface area contributed by atoms with Gasteiger partial charge in [0.2, 0.25) is 0 Å². The molecule has 4 rings (SSSR count). The van der Waals surface area contributed by atoms with Crippen molar-refractivity contribution in [2.45, 2.75) is 81.4 Å². The van der Waals surface area contributed by atoms with Gasteiger partial charge in [0.1, 0.15) is 0 Å². The lowest BCUT2D eigenvalue weighted by Crippen LogP contribution is -2.54. The van der Waals surface area contributed by atoms with Crippen LogP contribution in [0.15, 0.2) is 18.2 Å². The van der Waals surface area contributed by atoms with Gasteiger partial charge in [-0.05, 0) is 82.2 Å². The molecule has 0 bridgehead atoms. The summed E-state index contributed by atoms with van der Waals surface area (Å²) in [6, 6.07) is 5.06. The molecule has 0 amide bonds. The maximum Gasteiger partial charge on any atom is 0.164 e. The van der Waals surface area contributed by atoms with Crippen molar-refractivity contribution >= 4 is 51.2 Å². The number of piperidine rings is 1. The van der Waals surface area contributed by atoms with Gasteiger partial charge in [-0.25, -0.2) is 8.42 Å². The zero-order valence-electron chi connectivity index (χ0n) is 18.5. The number of carbonyl (C=O) groups is 1. The third-order valence-corrected chi connectivity index (χ3v) is 10.6. The molecule has 0 N–H and O–H groups in total. The fourth-order valence-corrected chi connectivity index (χ4v) is 8.27. The van der Waals surface area contributed by atoms with Gasteiger partial charge in [-0.15, -0.1) is 12.4 Å². The molecule has 8 heteroatoms. The Kier molecular flexibility index (Phi) is 8.99. The van der Waals surface area contributed by atoms with E-state index >= 15 is 0 Å². The van der Waals surface area contributed by atoms with E-state index in [1.165, 1.54) is 19.3 Å². The highest BCUT2D eigenvalue weighted by atomic mass is 35.5. The summed E-state index contributed by atoms with van der Waals surface area (Å²) in [7, 11) is -2.97. The van der Waals surface area contributed by atoms with Crippen LogP contribution in [0.4, 0.5) is 0 Å². The summed E-state index contributed by atoms with van der Waals surface area (Å²) < 4.78 is 25.5. The number of likely N-dealkylation sites (tertiary alicyclic amines) is 1. The molecule has 0 aromatic heterocycles. The number of nitrogens with zero attached hydrogens (tertiary/aromatic N) is 1. The van der Waals surface area contributed by atoms with E-state index in [9.17, 15) is 13.2 Å². The van der Waals surface area contributed by atoms with E-state index in [1.54, 1.807) is 18.2 Å². The predicted octanol–water partition coefficient (Wildman–Crippen LogP) is 6.37. The van der Waals surface area contributed by atoms with E-state index in [2.05, 4.69) is 4.90 Å². The highest BCUT2D eigenvalue weighted by molar-refractivity contribution is 7.92. The number of Topliss-reactive ketones (excluding diaryl/α,β-unsaturated/α-hetero) is 1. The van der Waals surface area contributed by atoms with Crippen LogP contribution in [0.3, 0.4) is 0 Å². The molecule has 3 fully saturated rings. The Labute approximate surface area is 208 Å². The number of carbonyl (C=O) groups excluding carboxylic acids is 1. The van der Waals surface area contributed by atoms with E-state index in [0.717, 1.165) is 58.0 Å². The molecule has 0 spiro atoms.